The Balaban J connectivity index is 1.000. The molecule has 2 bridgehead atoms. The molecule has 3 saturated carbocycles. The number of pyridine rings is 1. The third-order valence-corrected chi connectivity index (χ3v) is 7.54. The van der Waals surface area contributed by atoms with Crippen LogP contribution in [0, 0.1) is 29.1 Å². The van der Waals surface area contributed by atoms with E-state index < -0.39 is 0 Å². The lowest BCUT2D eigenvalue weighted by molar-refractivity contribution is -0.220. The molecule has 6 rings (SSSR count). The minimum absolute atomic E-state index is 0.0111. The quantitative estimate of drug-likeness (QED) is 0.485. The summed E-state index contributed by atoms with van der Waals surface area (Å²) >= 11 is 0. The van der Waals surface area contributed by atoms with Crippen molar-refractivity contribution in [2.75, 3.05) is 6.61 Å². The molecular weight excluding hydrogens is 428 g/mol. The zero-order valence-corrected chi connectivity index (χ0v) is 19.6. The van der Waals surface area contributed by atoms with E-state index in [-0.39, 0.29) is 17.4 Å². The Kier molecular flexibility index (Phi) is 6.03. The molecule has 1 amide bonds. The van der Waals surface area contributed by atoms with E-state index >= 15 is 0 Å². The highest BCUT2D eigenvalue weighted by atomic mass is 16.5. The maximum atomic E-state index is 13.3. The van der Waals surface area contributed by atoms with Gasteiger partial charge in [-0.15, -0.1) is 0 Å². The fraction of sp³-hybridized carbons (Fsp3) is 0.538. The molecule has 2 aromatic rings. The largest absolute Gasteiger partial charge is 0.477 e. The SMILES string of the molecule is Cc1ccc(C2CC=NN2C(=O)C23CC(CCCCCCOc4cnc(C#N)cn4)(C2)C3)cn1. The Morgan fingerprint density at radius 3 is 2.65 bits per heavy atom. The van der Waals surface area contributed by atoms with E-state index in [9.17, 15) is 4.79 Å². The number of rotatable bonds is 10. The van der Waals surface area contributed by atoms with Crippen LogP contribution in [-0.4, -0.2) is 38.7 Å². The normalized spacial score (nSPS) is 26.5. The second-order valence-electron chi connectivity index (χ2n) is 10.1. The highest BCUT2D eigenvalue weighted by molar-refractivity contribution is 5.88. The fourth-order valence-electron chi connectivity index (χ4n) is 5.88. The third-order valence-electron chi connectivity index (χ3n) is 7.54. The number of carbonyl (C=O) groups is 1. The van der Waals surface area contributed by atoms with E-state index in [0.29, 0.717) is 23.6 Å². The summed E-state index contributed by atoms with van der Waals surface area (Å²) in [6.07, 6.45) is 16.1. The van der Waals surface area contributed by atoms with Gasteiger partial charge >= 0.3 is 0 Å². The number of carbonyl (C=O) groups excluding carboxylic acids is 1. The molecule has 0 N–H and O–H groups in total. The first kappa shape index (κ1) is 22.5. The maximum absolute atomic E-state index is 13.3. The predicted octanol–water partition coefficient (Wildman–Crippen LogP) is 4.51. The van der Waals surface area contributed by atoms with Gasteiger partial charge in [-0.05, 0) is 56.1 Å². The minimum atomic E-state index is -0.173. The summed E-state index contributed by atoms with van der Waals surface area (Å²) in [4.78, 5) is 25.7. The number of nitriles is 1. The molecule has 8 nitrogen and oxygen atoms in total. The van der Waals surface area contributed by atoms with Gasteiger partial charge in [0.2, 0.25) is 11.8 Å². The van der Waals surface area contributed by atoms with E-state index in [1.807, 2.05) is 31.5 Å². The van der Waals surface area contributed by atoms with Gasteiger partial charge in [-0.1, -0.05) is 25.3 Å². The van der Waals surface area contributed by atoms with Crippen LogP contribution in [0.3, 0.4) is 0 Å². The van der Waals surface area contributed by atoms with Gasteiger partial charge in [-0.2, -0.15) is 10.4 Å². The van der Waals surface area contributed by atoms with E-state index in [2.05, 4.69) is 26.1 Å². The van der Waals surface area contributed by atoms with Crippen molar-refractivity contribution in [1.29, 1.82) is 5.26 Å². The summed E-state index contributed by atoms with van der Waals surface area (Å²) in [7, 11) is 0. The number of ether oxygens (including phenoxy) is 1. The van der Waals surface area contributed by atoms with Crippen molar-refractivity contribution >= 4 is 12.1 Å². The molecule has 4 aliphatic rings. The van der Waals surface area contributed by atoms with Gasteiger partial charge in [-0.3, -0.25) is 9.78 Å². The van der Waals surface area contributed by atoms with Gasteiger partial charge in [0, 0.05) is 24.5 Å². The summed E-state index contributed by atoms with van der Waals surface area (Å²) in [5.74, 6) is 0.669. The van der Waals surface area contributed by atoms with Crippen molar-refractivity contribution in [3.63, 3.8) is 0 Å². The molecule has 0 aromatic carbocycles. The van der Waals surface area contributed by atoms with E-state index in [0.717, 1.165) is 49.8 Å². The number of aromatic nitrogens is 3. The summed E-state index contributed by atoms with van der Waals surface area (Å²) in [6, 6.07) is 6.00. The van der Waals surface area contributed by atoms with Crippen LogP contribution in [-0.2, 0) is 4.79 Å². The Hall–Kier alpha value is -3.34. The first-order valence-corrected chi connectivity index (χ1v) is 12.2. The molecule has 8 heteroatoms. The van der Waals surface area contributed by atoms with Crippen LogP contribution < -0.4 is 4.74 Å². The van der Waals surface area contributed by atoms with Crippen molar-refractivity contribution in [1.82, 2.24) is 20.0 Å². The lowest BCUT2D eigenvalue weighted by atomic mass is 9.33. The second kappa shape index (κ2) is 9.13. The number of unbranched alkanes of at least 4 members (excludes halogenated alkanes) is 3. The monoisotopic (exact) mass is 458 g/mol. The third kappa shape index (κ3) is 4.27. The maximum Gasteiger partial charge on any atom is 0.249 e. The van der Waals surface area contributed by atoms with Gasteiger partial charge in [0.25, 0.3) is 0 Å². The van der Waals surface area contributed by atoms with Crippen molar-refractivity contribution in [3.8, 4) is 11.9 Å². The number of nitrogens with zero attached hydrogens (tertiary/aromatic N) is 6. The van der Waals surface area contributed by atoms with Crippen LogP contribution in [0.4, 0.5) is 0 Å². The summed E-state index contributed by atoms with van der Waals surface area (Å²) < 4.78 is 5.59. The van der Waals surface area contributed by atoms with Crippen LogP contribution >= 0.6 is 0 Å². The molecule has 34 heavy (non-hydrogen) atoms. The zero-order valence-electron chi connectivity index (χ0n) is 19.6. The van der Waals surface area contributed by atoms with Crippen molar-refractivity contribution in [3.05, 3.63) is 47.7 Å². The van der Waals surface area contributed by atoms with Crippen LogP contribution in [0.5, 0.6) is 5.88 Å². The average Bonchev–Trinajstić information content (AvgIpc) is 3.29. The van der Waals surface area contributed by atoms with Gasteiger partial charge in [-0.25, -0.2) is 15.0 Å². The van der Waals surface area contributed by atoms with E-state index in [4.69, 9.17) is 10.00 Å². The molecule has 3 aliphatic carbocycles. The molecule has 176 valence electrons. The molecule has 0 radical (unpaired) electrons. The fourth-order valence-corrected chi connectivity index (χ4v) is 5.88. The number of hydrogen-bond acceptors (Lipinski definition) is 7. The molecule has 2 aromatic heterocycles. The predicted molar refractivity (Wildman–Crippen MR) is 126 cm³/mol. The number of hydrogen-bond donors (Lipinski definition) is 0. The minimum Gasteiger partial charge on any atom is -0.477 e. The van der Waals surface area contributed by atoms with E-state index in [1.54, 1.807) is 5.01 Å². The summed E-state index contributed by atoms with van der Waals surface area (Å²) in [6.45, 7) is 2.58. The van der Waals surface area contributed by atoms with Crippen LogP contribution in [0.2, 0.25) is 0 Å². The van der Waals surface area contributed by atoms with Crippen LogP contribution in [0.15, 0.2) is 35.8 Å². The molecule has 1 aliphatic heterocycles. The molecule has 3 heterocycles. The Labute approximate surface area is 200 Å². The number of hydrazone groups is 1. The zero-order chi connectivity index (χ0) is 23.6. The number of aryl methyl sites for hydroxylation is 1. The average molecular weight is 459 g/mol. The first-order chi connectivity index (χ1) is 16.5. The van der Waals surface area contributed by atoms with Gasteiger partial charge < -0.3 is 4.74 Å². The lowest BCUT2D eigenvalue weighted by Crippen LogP contribution is -2.67. The highest BCUT2D eigenvalue weighted by Gasteiger charge is 2.71. The van der Waals surface area contributed by atoms with Crippen molar-refractivity contribution in [2.45, 2.75) is 70.8 Å². The van der Waals surface area contributed by atoms with Gasteiger partial charge in [0.05, 0.1) is 30.5 Å². The van der Waals surface area contributed by atoms with Gasteiger partial charge in [0.1, 0.15) is 6.07 Å². The van der Waals surface area contributed by atoms with Crippen molar-refractivity contribution < 1.29 is 9.53 Å². The topological polar surface area (TPSA) is 104 Å². The number of amides is 1. The Morgan fingerprint density at radius 2 is 1.94 bits per heavy atom. The summed E-state index contributed by atoms with van der Waals surface area (Å²) in [5, 5.41) is 14.9. The van der Waals surface area contributed by atoms with Crippen molar-refractivity contribution in [2.24, 2.45) is 15.9 Å². The van der Waals surface area contributed by atoms with E-state index in [1.165, 1.54) is 31.7 Å². The van der Waals surface area contributed by atoms with Crippen LogP contribution in [0.1, 0.15) is 80.8 Å². The smallest absolute Gasteiger partial charge is 0.249 e. The highest BCUT2D eigenvalue weighted by Crippen LogP contribution is 2.76. The molecule has 0 spiro atoms. The Morgan fingerprint density at radius 1 is 1.12 bits per heavy atom. The lowest BCUT2D eigenvalue weighted by Gasteiger charge is -2.70. The molecular formula is C26H30N6O2. The standard InChI is InChI=1S/C26H30N6O2/c1-19-6-7-20(13-28-19)22-8-10-31-32(22)24(33)26-16-25(17-26,18-26)9-4-2-3-5-11-34-23-15-29-21(12-27)14-30-23/h6-7,10,13-15,22H,2-5,8-9,11,16-18H2,1H3. The molecule has 3 fully saturated rings. The van der Waals surface area contributed by atoms with Gasteiger partial charge in [0.15, 0.2) is 5.69 Å². The van der Waals surface area contributed by atoms with Crippen LogP contribution in [0.25, 0.3) is 0 Å². The summed E-state index contributed by atoms with van der Waals surface area (Å²) in [5.41, 5.74) is 2.55. The Bertz CT molecular complexity index is 1090. The first-order valence-electron chi connectivity index (χ1n) is 12.2. The second-order valence-corrected chi connectivity index (χ2v) is 10.1. The molecule has 0 saturated heterocycles. The molecule has 1 unspecified atom stereocenters. The molecule has 1 atom stereocenters.